The van der Waals surface area contributed by atoms with Crippen LogP contribution in [0.3, 0.4) is 0 Å². The maximum Gasteiger partial charge on any atom is 0.224 e. The van der Waals surface area contributed by atoms with Gasteiger partial charge in [-0.25, -0.2) is 4.98 Å². The van der Waals surface area contributed by atoms with Crippen LogP contribution in [-0.2, 0) is 4.79 Å². The lowest BCUT2D eigenvalue weighted by Gasteiger charge is -2.05. The van der Waals surface area contributed by atoms with Crippen LogP contribution in [0.4, 0.5) is 10.8 Å². The SMILES string of the molecule is CCCC(=O)Nc1ccc(-c2csc(NC3CC3)n2)cc1. The standard InChI is InChI=1S/C16H19N3OS/c1-2-3-15(20)17-12-6-4-11(5-7-12)14-10-21-16(19-14)18-13-8-9-13/h4-7,10,13H,2-3,8-9H2,1H3,(H,17,20)(H,18,19). The van der Waals surface area contributed by atoms with Gasteiger partial charge in [-0.2, -0.15) is 0 Å². The number of aromatic nitrogens is 1. The molecule has 5 heteroatoms. The van der Waals surface area contributed by atoms with E-state index in [-0.39, 0.29) is 5.91 Å². The smallest absolute Gasteiger partial charge is 0.224 e. The van der Waals surface area contributed by atoms with Crippen molar-refractivity contribution >= 4 is 28.1 Å². The molecule has 1 heterocycles. The van der Waals surface area contributed by atoms with E-state index in [1.165, 1.54) is 12.8 Å². The molecular formula is C16H19N3OS. The second-order valence-electron chi connectivity index (χ2n) is 5.33. The third-order valence-electron chi connectivity index (χ3n) is 3.35. The predicted octanol–water partition coefficient (Wildman–Crippen LogP) is 4.12. The highest BCUT2D eigenvalue weighted by atomic mass is 32.1. The molecule has 1 aromatic carbocycles. The van der Waals surface area contributed by atoms with Crippen LogP contribution >= 0.6 is 11.3 Å². The van der Waals surface area contributed by atoms with Crippen LogP contribution in [0.5, 0.6) is 0 Å². The number of carbonyl (C=O) groups is 1. The van der Waals surface area contributed by atoms with E-state index in [9.17, 15) is 4.79 Å². The summed E-state index contributed by atoms with van der Waals surface area (Å²) in [5, 5.41) is 9.36. The molecule has 21 heavy (non-hydrogen) atoms. The Morgan fingerprint density at radius 1 is 1.33 bits per heavy atom. The number of amides is 1. The normalized spacial score (nSPS) is 14.0. The van der Waals surface area contributed by atoms with E-state index in [0.29, 0.717) is 12.5 Å². The molecule has 4 nitrogen and oxygen atoms in total. The van der Waals surface area contributed by atoms with Gasteiger partial charge in [0, 0.05) is 29.1 Å². The lowest BCUT2D eigenvalue weighted by molar-refractivity contribution is -0.116. The Bertz CT molecular complexity index is 617. The first-order valence-corrected chi connectivity index (χ1v) is 8.25. The topological polar surface area (TPSA) is 54.0 Å². The molecule has 1 aliphatic carbocycles. The first-order valence-electron chi connectivity index (χ1n) is 7.37. The highest BCUT2D eigenvalue weighted by Gasteiger charge is 2.22. The van der Waals surface area contributed by atoms with Crippen molar-refractivity contribution in [1.82, 2.24) is 4.98 Å². The fraction of sp³-hybridized carbons (Fsp3) is 0.375. The van der Waals surface area contributed by atoms with Crippen LogP contribution < -0.4 is 10.6 Å². The predicted molar refractivity (Wildman–Crippen MR) is 87.7 cm³/mol. The van der Waals surface area contributed by atoms with Crippen LogP contribution in [0.25, 0.3) is 11.3 Å². The van der Waals surface area contributed by atoms with Crippen molar-refractivity contribution in [1.29, 1.82) is 0 Å². The van der Waals surface area contributed by atoms with Crippen molar-refractivity contribution in [2.75, 3.05) is 10.6 Å². The zero-order valence-electron chi connectivity index (χ0n) is 12.1. The van der Waals surface area contributed by atoms with Gasteiger partial charge in [-0.3, -0.25) is 4.79 Å². The van der Waals surface area contributed by atoms with Crippen molar-refractivity contribution in [2.45, 2.75) is 38.6 Å². The summed E-state index contributed by atoms with van der Waals surface area (Å²) in [4.78, 5) is 16.1. The summed E-state index contributed by atoms with van der Waals surface area (Å²) in [5.41, 5.74) is 2.89. The molecule has 110 valence electrons. The number of carbonyl (C=O) groups excluding carboxylic acids is 1. The Hall–Kier alpha value is -1.88. The summed E-state index contributed by atoms with van der Waals surface area (Å²) in [7, 11) is 0. The van der Waals surface area contributed by atoms with Gasteiger partial charge in [-0.15, -0.1) is 11.3 Å². The maximum absolute atomic E-state index is 11.5. The minimum Gasteiger partial charge on any atom is -0.359 e. The first kappa shape index (κ1) is 14.1. The molecule has 0 unspecified atom stereocenters. The van der Waals surface area contributed by atoms with E-state index in [4.69, 9.17) is 0 Å². The number of nitrogens with zero attached hydrogens (tertiary/aromatic N) is 1. The van der Waals surface area contributed by atoms with Gasteiger partial charge in [-0.1, -0.05) is 19.1 Å². The van der Waals surface area contributed by atoms with Crippen LogP contribution in [0.15, 0.2) is 29.6 Å². The molecule has 1 aromatic heterocycles. The average molecular weight is 301 g/mol. The van der Waals surface area contributed by atoms with Gasteiger partial charge in [0.2, 0.25) is 5.91 Å². The average Bonchev–Trinajstić information content (AvgIpc) is 3.16. The molecule has 3 rings (SSSR count). The molecule has 1 aliphatic rings. The quantitative estimate of drug-likeness (QED) is 0.843. The van der Waals surface area contributed by atoms with Crippen LogP contribution in [-0.4, -0.2) is 16.9 Å². The highest BCUT2D eigenvalue weighted by Crippen LogP contribution is 2.30. The van der Waals surface area contributed by atoms with Crippen molar-refractivity contribution in [2.24, 2.45) is 0 Å². The molecule has 1 amide bonds. The molecule has 0 spiro atoms. The van der Waals surface area contributed by atoms with Gasteiger partial charge in [-0.05, 0) is 31.4 Å². The van der Waals surface area contributed by atoms with Crippen LogP contribution in [0.2, 0.25) is 0 Å². The lowest BCUT2D eigenvalue weighted by Crippen LogP contribution is -2.10. The van der Waals surface area contributed by atoms with Crippen LogP contribution in [0.1, 0.15) is 32.6 Å². The zero-order chi connectivity index (χ0) is 14.7. The molecule has 0 saturated heterocycles. The number of benzene rings is 1. The summed E-state index contributed by atoms with van der Waals surface area (Å²) in [5.74, 6) is 0.0647. The Morgan fingerprint density at radius 2 is 2.10 bits per heavy atom. The summed E-state index contributed by atoms with van der Waals surface area (Å²) < 4.78 is 0. The Labute approximate surface area is 128 Å². The minimum absolute atomic E-state index is 0.0647. The van der Waals surface area contributed by atoms with Gasteiger partial charge < -0.3 is 10.6 Å². The van der Waals surface area contributed by atoms with Crippen molar-refractivity contribution in [3.63, 3.8) is 0 Å². The molecule has 1 saturated carbocycles. The number of hydrogen-bond donors (Lipinski definition) is 2. The lowest BCUT2D eigenvalue weighted by atomic mass is 10.1. The number of nitrogens with one attached hydrogen (secondary N) is 2. The monoisotopic (exact) mass is 301 g/mol. The number of rotatable bonds is 6. The summed E-state index contributed by atoms with van der Waals surface area (Å²) in [6.45, 7) is 2.00. The van der Waals surface area contributed by atoms with Gasteiger partial charge in [0.25, 0.3) is 0 Å². The summed E-state index contributed by atoms with van der Waals surface area (Å²) in [6.07, 6.45) is 3.92. The highest BCUT2D eigenvalue weighted by molar-refractivity contribution is 7.14. The van der Waals surface area contributed by atoms with E-state index in [1.807, 2.05) is 31.2 Å². The Morgan fingerprint density at radius 3 is 2.76 bits per heavy atom. The zero-order valence-corrected chi connectivity index (χ0v) is 12.9. The van der Waals surface area contributed by atoms with E-state index < -0.39 is 0 Å². The maximum atomic E-state index is 11.5. The van der Waals surface area contributed by atoms with Crippen molar-refractivity contribution < 1.29 is 4.79 Å². The van der Waals surface area contributed by atoms with Gasteiger partial charge in [0.1, 0.15) is 0 Å². The van der Waals surface area contributed by atoms with Crippen molar-refractivity contribution in [3.05, 3.63) is 29.6 Å². The molecule has 0 aliphatic heterocycles. The fourth-order valence-electron chi connectivity index (χ4n) is 2.05. The van der Waals surface area contributed by atoms with E-state index in [1.54, 1.807) is 11.3 Å². The molecular weight excluding hydrogens is 282 g/mol. The molecule has 1 fully saturated rings. The third kappa shape index (κ3) is 3.82. The third-order valence-corrected chi connectivity index (χ3v) is 4.12. The Balaban J connectivity index is 1.65. The first-order chi connectivity index (χ1) is 10.2. The van der Waals surface area contributed by atoms with E-state index in [0.717, 1.165) is 28.5 Å². The minimum atomic E-state index is 0.0647. The van der Waals surface area contributed by atoms with Gasteiger partial charge in [0.15, 0.2) is 5.13 Å². The molecule has 2 aromatic rings. The molecule has 0 atom stereocenters. The molecule has 0 radical (unpaired) electrons. The van der Waals surface area contributed by atoms with E-state index in [2.05, 4.69) is 21.0 Å². The summed E-state index contributed by atoms with van der Waals surface area (Å²) >= 11 is 1.64. The van der Waals surface area contributed by atoms with E-state index >= 15 is 0 Å². The van der Waals surface area contributed by atoms with Crippen LogP contribution in [0, 0.1) is 0 Å². The second kappa shape index (κ2) is 6.26. The van der Waals surface area contributed by atoms with Crippen molar-refractivity contribution in [3.8, 4) is 11.3 Å². The van der Waals surface area contributed by atoms with Gasteiger partial charge >= 0.3 is 0 Å². The Kier molecular flexibility index (Phi) is 4.20. The van der Waals surface area contributed by atoms with Gasteiger partial charge in [0.05, 0.1) is 5.69 Å². The largest absolute Gasteiger partial charge is 0.359 e. The molecule has 0 bridgehead atoms. The number of anilines is 2. The molecule has 2 N–H and O–H groups in total. The number of hydrogen-bond acceptors (Lipinski definition) is 4. The fourth-order valence-corrected chi connectivity index (χ4v) is 2.85. The second-order valence-corrected chi connectivity index (χ2v) is 6.19. The summed E-state index contributed by atoms with van der Waals surface area (Å²) in [6, 6.07) is 8.47. The number of thiazole rings is 1.